The predicted molar refractivity (Wildman–Crippen MR) is 141 cm³/mol. The van der Waals surface area contributed by atoms with Crippen LogP contribution in [0.25, 0.3) is 0 Å². The van der Waals surface area contributed by atoms with Crippen LogP contribution >= 0.6 is 17.0 Å². The zero-order valence-corrected chi connectivity index (χ0v) is 23.6. The van der Waals surface area contributed by atoms with Crippen LogP contribution in [0.3, 0.4) is 0 Å². The molecular formula is C24H31BrN4O6S. The Morgan fingerprint density at radius 3 is 2.42 bits per heavy atom. The standard InChI is InChI=1S/C24H30N4O6S.BrH/c1-7-33-19-11-15-12-28(22(25)20(15)27-21(19)23(30)26-5)13-17(29)14-8-9-18(34-35(6,31)32)16(10-14)24(2,3)4;/h8-11,25H,7,12-13H2,1-6H3,(H,26,30);1H. The van der Waals surface area contributed by atoms with Gasteiger partial charge in [0.05, 0.1) is 19.4 Å². The fourth-order valence-corrected chi connectivity index (χ4v) is 4.24. The first-order chi connectivity index (χ1) is 16.2. The molecule has 36 heavy (non-hydrogen) atoms. The Morgan fingerprint density at radius 1 is 1.19 bits per heavy atom. The molecular weight excluding hydrogens is 552 g/mol. The quantitative estimate of drug-likeness (QED) is 0.357. The molecule has 0 radical (unpaired) electrons. The number of hydrogen-bond acceptors (Lipinski definition) is 8. The van der Waals surface area contributed by atoms with Crippen LogP contribution < -0.4 is 14.2 Å². The lowest BCUT2D eigenvalue weighted by molar-refractivity contribution is 0.0949. The van der Waals surface area contributed by atoms with E-state index in [-0.39, 0.29) is 53.1 Å². The summed E-state index contributed by atoms with van der Waals surface area (Å²) in [6, 6.07) is 6.31. The third-order valence-electron chi connectivity index (χ3n) is 5.40. The summed E-state index contributed by atoms with van der Waals surface area (Å²) >= 11 is 0. The Morgan fingerprint density at radius 2 is 1.86 bits per heavy atom. The number of nitrogens with zero attached hydrogens (tertiary/aromatic N) is 2. The van der Waals surface area contributed by atoms with Gasteiger partial charge >= 0.3 is 10.1 Å². The molecule has 2 aromatic rings. The van der Waals surface area contributed by atoms with Crippen LogP contribution in [0.4, 0.5) is 0 Å². The Labute approximate surface area is 221 Å². The first-order valence-electron chi connectivity index (χ1n) is 11.0. The summed E-state index contributed by atoms with van der Waals surface area (Å²) in [4.78, 5) is 31.3. The molecule has 10 nitrogen and oxygen atoms in total. The number of halogens is 1. The number of carbonyl (C=O) groups is 2. The summed E-state index contributed by atoms with van der Waals surface area (Å²) in [7, 11) is -2.25. The molecule has 1 aliphatic rings. The lowest BCUT2D eigenvalue weighted by Gasteiger charge is -2.23. The van der Waals surface area contributed by atoms with Crippen molar-refractivity contribution >= 4 is 44.6 Å². The van der Waals surface area contributed by atoms with Crippen LogP contribution in [0.5, 0.6) is 11.5 Å². The van der Waals surface area contributed by atoms with Gasteiger partial charge in [-0.3, -0.25) is 15.0 Å². The number of pyridine rings is 1. The second-order valence-corrected chi connectivity index (χ2v) is 10.8. The van der Waals surface area contributed by atoms with Crippen LogP contribution in [0.2, 0.25) is 0 Å². The predicted octanol–water partition coefficient (Wildman–Crippen LogP) is 3.08. The molecule has 0 bridgehead atoms. The maximum atomic E-state index is 13.2. The second-order valence-electron chi connectivity index (χ2n) is 9.23. The van der Waals surface area contributed by atoms with Crippen molar-refractivity contribution in [2.45, 2.75) is 39.7 Å². The average molecular weight is 584 g/mol. The van der Waals surface area contributed by atoms with Gasteiger partial charge in [0.25, 0.3) is 5.91 Å². The minimum atomic E-state index is -3.74. The summed E-state index contributed by atoms with van der Waals surface area (Å²) in [5.41, 5.74) is 1.56. The first kappa shape index (κ1) is 29.2. The molecule has 0 saturated carbocycles. The van der Waals surface area contributed by atoms with E-state index in [1.54, 1.807) is 24.0 Å². The molecule has 1 aliphatic heterocycles. The van der Waals surface area contributed by atoms with Crippen molar-refractivity contribution in [3.63, 3.8) is 0 Å². The molecule has 0 atom stereocenters. The number of fused-ring (bicyclic) bond motifs is 1. The van der Waals surface area contributed by atoms with Crippen LogP contribution in [-0.2, 0) is 22.1 Å². The number of amides is 1. The zero-order valence-electron chi connectivity index (χ0n) is 21.1. The Balaban J connectivity index is 0.00000456. The SMILES string of the molecule is Br.CCOc1cc2c(nc1C(=O)NC)C(=N)N(CC(=O)c1ccc(OS(C)(=O)=O)c(C(C)(C)C)c1)C2. The van der Waals surface area contributed by atoms with E-state index in [1.165, 1.54) is 19.2 Å². The summed E-state index contributed by atoms with van der Waals surface area (Å²) in [5, 5.41) is 11.1. The van der Waals surface area contributed by atoms with Crippen molar-refractivity contribution in [1.29, 1.82) is 5.41 Å². The molecule has 0 spiro atoms. The van der Waals surface area contributed by atoms with Crippen LogP contribution in [0, 0.1) is 5.41 Å². The van der Waals surface area contributed by atoms with Crippen molar-refractivity contribution in [2.75, 3.05) is 26.5 Å². The highest BCUT2D eigenvalue weighted by Gasteiger charge is 2.31. The van der Waals surface area contributed by atoms with Gasteiger partial charge in [-0.15, -0.1) is 17.0 Å². The maximum Gasteiger partial charge on any atom is 0.306 e. The highest BCUT2D eigenvalue weighted by molar-refractivity contribution is 8.93. The molecule has 1 amide bonds. The van der Waals surface area contributed by atoms with Crippen LogP contribution in [0.15, 0.2) is 24.3 Å². The van der Waals surface area contributed by atoms with Gasteiger partial charge in [0, 0.05) is 30.3 Å². The molecule has 196 valence electrons. The van der Waals surface area contributed by atoms with Crippen molar-refractivity contribution in [1.82, 2.24) is 15.2 Å². The fourth-order valence-electron chi connectivity index (χ4n) is 3.77. The van der Waals surface area contributed by atoms with E-state index in [0.717, 1.165) is 6.26 Å². The molecule has 12 heteroatoms. The van der Waals surface area contributed by atoms with E-state index in [0.29, 0.717) is 34.7 Å². The van der Waals surface area contributed by atoms with E-state index in [9.17, 15) is 18.0 Å². The van der Waals surface area contributed by atoms with Crippen molar-refractivity contribution in [2.24, 2.45) is 0 Å². The van der Waals surface area contributed by atoms with Crippen LogP contribution in [0.1, 0.15) is 65.4 Å². The number of Topliss-reactive ketones (excluding diaryl/α,β-unsaturated/α-hetero) is 1. The molecule has 2 N–H and O–H groups in total. The Hall–Kier alpha value is -2.99. The van der Waals surface area contributed by atoms with Crippen molar-refractivity contribution in [3.8, 4) is 11.5 Å². The number of benzene rings is 1. The Kier molecular flexibility index (Phi) is 8.90. The molecule has 3 rings (SSSR count). The average Bonchev–Trinajstić information content (AvgIpc) is 3.05. The topological polar surface area (TPSA) is 139 Å². The molecule has 1 aromatic heterocycles. The first-order valence-corrected chi connectivity index (χ1v) is 12.9. The molecule has 0 fully saturated rings. The zero-order chi connectivity index (χ0) is 26.1. The van der Waals surface area contributed by atoms with Gasteiger partial charge in [0.15, 0.2) is 17.2 Å². The highest BCUT2D eigenvalue weighted by Crippen LogP contribution is 2.34. The van der Waals surface area contributed by atoms with Crippen LogP contribution in [-0.4, -0.2) is 62.3 Å². The minimum absolute atomic E-state index is 0. The molecule has 0 unspecified atom stereocenters. The van der Waals surface area contributed by atoms with E-state index < -0.39 is 21.4 Å². The molecule has 0 saturated heterocycles. The van der Waals surface area contributed by atoms with Gasteiger partial charge in [-0.05, 0) is 36.6 Å². The van der Waals surface area contributed by atoms with Crippen molar-refractivity contribution in [3.05, 3.63) is 52.3 Å². The summed E-state index contributed by atoms with van der Waals surface area (Å²) in [6.45, 7) is 8.00. The lowest BCUT2D eigenvalue weighted by Crippen LogP contribution is -2.31. The fraction of sp³-hybridized carbons (Fsp3) is 0.417. The number of nitrogens with one attached hydrogen (secondary N) is 2. The van der Waals surface area contributed by atoms with Gasteiger partial charge in [-0.2, -0.15) is 8.42 Å². The number of carbonyl (C=O) groups excluding carboxylic acids is 2. The second kappa shape index (κ2) is 11.0. The van der Waals surface area contributed by atoms with E-state index in [1.807, 2.05) is 20.8 Å². The lowest BCUT2D eigenvalue weighted by atomic mass is 9.85. The number of rotatable bonds is 8. The third kappa shape index (κ3) is 6.41. The van der Waals surface area contributed by atoms with E-state index in [4.69, 9.17) is 14.3 Å². The summed E-state index contributed by atoms with van der Waals surface area (Å²) < 4.78 is 34.0. The van der Waals surface area contributed by atoms with E-state index >= 15 is 0 Å². The van der Waals surface area contributed by atoms with Gasteiger partial charge in [0.2, 0.25) is 0 Å². The summed E-state index contributed by atoms with van der Waals surface area (Å²) in [5.74, 6) is -0.148. The number of ether oxygens (including phenoxy) is 1. The highest BCUT2D eigenvalue weighted by atomic mass is 79.9. The maximum absolute atomic E-state index is 13.2. The van der Waals surface area contributed by atoms with Gasteiger partial charge in [-0.25, -0.2) is 4.98 Å². The largest absolute Gasteiger partial charge is 0.491 e. The number of ketones is 1. The third-order valence-corrected chi connectivity index (χ3v) is 5.88. The Bertz CT molecular complexity index is 1300. The smallest absolute Gasteiger partial charge is 0.306 e. The van der Waals surface area contributed by atoms with Gasteiger partial charge < -0.3 is 19.1 Å². The number of aromatic nitrogens is 1. The van der Waals surface area contributed by atoms with Crippen molar-refractivity contribution < 1.29 is 26.9 Å². The monoisotopic (exact) mass is 582 g/mol. The van der Waals surface area contributed by atoms with Gasteiger partial charge in [0.1, 0.15) is 17.3 Å². The number of hydrogen-bond donors (Lipinski definition) is 2. The minimum Gasteiger partial charge on any atom is -0.491 e. The van der Waals surface area contributed by atoms with Gasteiger partial charge in [-0.1, -0.05) is 20.8 Å². The summed E-state index contributed by atoms with van der Waals surface area (Å²) in [6.07, 6.45) is 0.968. The number of amidine groups is 1. The molecule has 1 aromatic carbocycles. The molecule has 0 aliphatic carbocycles. The molecule has 2 heterocycles. The van der Waals surface area contributed by atoms with E-state index in [2.05, 4.69) is 10.3 Å². The normalized spacial score (nSPS) is 13.1.